The Hall–Kier alpha value is -2.06. The number of hydrogen-bond donors (Lipinski definition) is 2. The molecule has 0 radical (unpaired) electrons. The Morgan fingerprint density at radius 2 is 1.67 bits per heavy atom. The molecule has 0 fully saturated rings. The lowest BCUT2D eigenvalue weighted by molar-refractivity contribution is 0.514. The van der Waals surface area contributed by atoms with Gasteiger partial charge in [-0.05, 0) is 29.8 Å². The number of hydrogen-bond acceptors (Lipinski definition) is 3. The summed E-state index contributed by atoms with van der Waals surface area (Å²) in [6.45, 7) is -0.302. The molecule has 0 aromatic heterocycles. The zero-order chi connectivity index (χ0) is 15.6. The van der Waals surface area contributed by atoms with Crippen LogP contribution in [0.15, 0.2) is 41.3 Å². The van der Waals surface area contributed by atoms with Crippen molar-refractivity contribution in [2.45, 2.75) is 11.4 Å². The average molecular weight is 316 g/mol. The van der Waals surface area contributed by atoms with Crippen LogP contribution in [-0.2, 0) is 16.6 Å². The Morgan fingerprint density at radius 1 is 1.05 bits per heavy atom. The molecule has 0 aliphatic rings. The number of rotatable bonds is 4. The minimum atomic E-state index is -4.43. The molecule has 0 aliphatic carbocycles. The van der Waals surface area contributed by atoms with Gasteiger partial charge in [0.15, 0.2) is 4.90 Å². The van der Waals surface area contributed by atoms with E-state index in [0.717, 1.165) is 6.07 Å². The molecule has 0 unspecified atom stereocenters. The van der Waals surface area contributed by atoms with E-state index in [0.29, 0.717) is 17.7 Å². The number of halogens is 3. The highest BCUT2D eigenvalue weighted by Gasteiger charge is 2.24. The van der Waals surface area contributed by atoms with Gasteiger partial charge < -0.3 is 5.73 Å². The largest absolute Gasteiger partial charge is 0.399 e. The highest BCUT2D eigenvalue weighted by Crippen LogP contribution is 2.21. The van der Waals surface area contributed by atoms with E-state index < -0.39 is 32.4 Å². The molecule has 4 nitrogen and oxygen atoms in total. The summed E-state index contributed by atoms with van der Waals surface area (Å²) < 4.78 is 66.0. The summed E-state index contributed by atoms with van der Waals surface area (Å²) in [5, 5.41) is 0. The van der Waals surface area contributed by atoms with Crippen LogP contribution in [0.3, 0.4) is 0 Å². The second-order valence-corrected chi connectivity index (χ2v) is 5.97. The van der Waals surface area contributed by atoms with Crippen molar-refractivity contribution >= 4 is 15.7 Å². The van der Waals surface area contributed by atoms with Gasteiger partial charge in [-0.15, -0.1) is 0 Å². The Kier molecular flexibility index (Phi) is 4.19. The van der Waals surface area contributed by atoms with Gasteiger partial charge in [0.2, 0.25) is 10.0 Å². The van der Waals surface area contributed by atoms with Gasteiger partial charge in [-0.1, -0.05) is 12.1 Å². The lowest BCUT2D eigenvalue weighted by atomic mass is 10.2. The molecule has 8 heteroatoms. The van der Waals surface area contributed by atoms with Gasteiger partial charge in [-0.25, -0.2) is 26.3 Å². The van der Waals surface area contributed by atoms with Crippen molar-refractivity contribution in [2.75, 3.05) is 5.73 Å². The van der Waals surface area contributed by atoms with Crippen LogP contribution in [0.4, 0.5) is 18.9 Å². The van der Waals surface area contributed by atoms with Crippen molar-refractivity contribution < 1.29 is 21.6 Å². The van der Waals surface area contributed by atoms with Crippen LogP contribution in [0.2, 0.25) is 0 Å². The van der Waals surface area contributed by atoms with Gasteiger partial charge in [0, 0.05) is 12.2 Å². The van der Waals surface area contributed by atoms with E-state index in [1.165, 1.54) is 18.2 Å². The van der Waals surface area contributed by atoms with Crippen molar-refractivity contribution in [1.29, 1.82) is 0 Å². The zero-order valence-corrected chi connectivity index (χ0v) is 11.4. The minimum Gasteiger partial charge on any atom is -0.399 e. The van der Waals surface area contributed by atoms with Crippen LogP contribution >= 0.6 is 0 Å². The molecule has 112 valence electrons. The summed E-state index contributed by atoms with van der Waals surface area (Å²) in [6, 6.07) is 6.58. The maximum atomic E-state index is 13.6. The molecule has 0 spiro atoms. The highest BCUT2D eigenvalue weighted by atomic mass is 32.2. The monoisotopic (exact) mass is 316 g/mol. The van der Waals surface area contributed by atoms with E-state index in [1.807, 2.05) is 4.72 Å². The number of nitrogens with one attached hydrogen (secondary N) is 1. The Morgan fingerprint density at radius 3 is 2.24 bits per heavy atom. The molecule has 0 aliphatic heterocycles. The first-order valence-electron chi connectivity index (χ1n) is 5.78. The lowest BCUT2D eigenvalue weighted by Gasteiger charge is -2.09. The number of nitrogens with two attached hydrogens (primary N) is 1. The molecule has 0 atom stereocenters. The normalized spacial score (nSPS) is 11.6. The summed E-state index contributed by atoms with van der Waals surface area (Å²) in [4.78, 5) is -1.12. The van der Waals surface area contributed by atoms with Crippen LogP contribution in [0.25, 0.3) is 0 Å². The van der Waals surface area contributed by atoms with E-state index in [1.54, 1.807) is 0 Å². The second kappa shape index (κ2) is 5.74. The van der Waals surface area contributed by atoms with Gasteiger partial charge >= 0.3 is 0 Å². The summed E-state index contributed by atoms with van der Waals surface area (Å²) in [5.41, 5.74) is 5.30. The highest BCUT2D eigenvalue weighted by molar-refractivity contribution is 7.89. The summed E-state index contributed by atoms with van der Waals surface area (Å²) in [7, 11) is -4.43. The quantitative estimate of drug-likeness (QED) is 0.849. The topological polar surface area (TPSA) is 72.2 Å². The van der Waals surface area contributed by atoms with E-state index in [-0.39, 0.29) is 12.2 Å². The fraction of sp³-hybridized carbons (Fsp3) is 0.0769. The molecule has 0 heterocycles. The molecule has 3 N–H and O–H groups in total. The van der Waals surface area contributed by atoms with Crippen LogP contribution < -0.4 is 10.5 Å². The predicted molar refractivity (Wildman–Crippen MR) is 71.2 cm³/mol. The van der Waals surface area contributed by atoms with Crippen molar-refractivity contribution in [3.05, 3.63) is 59.4 Å². The first-order chi connectivity index (χ1) is 9.79. The first kappa shape index (κ1) is 15.3. The number of sulfonamides is 1. The number of benzene rings is 2. The zero-order valence-electron chi connectivity index (χ0n) is 10.6. The van der Waals surface area contributed by atoms with Crippen LogP contribution in [0.5, 0.6) is 0 Å². The van der Waals surface area contributed by atoms with Crippen molar-refractivity contribution in [3.8, 4) is 0 Å². The third-order valence-electron chi connectivity index (χ3n) is 2.64. The molecule has 0 bridgehead atoms. The van der Waals surface area contributed by atoms with Gasteiger partial charge in [0.1, 0.15) is 17.5 Å². The summed E-state index contributed by atoms with van der Waals surface area (Å²) in [6.07, 6.45) is 0. The molecular weight excluding hydrogens is 305 g/mol. The fourth-order valence-electron chi connectivity index (χ4n) is 1.73. The summed E-state index contributed by atoms with van der Waals surface area (Å²) in [5.74, 6) is -3.13. The molecular formula is C13H11F3N2O2S. The van der Waals surface area contributed by atoms with Crippen LogP contribution in [0.1, 0.15) is 5.56 Å². The van der Waals surface area contributed by atoms with Gasteiger partial charge in [0.25, 0.3) is 0 Å². The molecule has 0 amide bonds. The molecule has 0 saturated carbocycles. The van der Waals surface area contributed by atoms with Crippen molar-refractivity contribution in [2.24, 2.45) is 0 Å². The number of anilines is 1. The SMILES string of the molecule is Nc1cc(F)c(S(=O)(=O)NCc2cccc(F)c2)c(F)c1. The summed E-state index contributed by atoms with van der Waals surface area (Å²) >= 11 is 0. The number of nitrogen functional groups attached to an aromatic ring is 1. The fourth-order valence-corrected chi connectivity index (χ4v) is 2.87. The maximum Gasteiger partial charge on any atom is 0.246 e. The predicted octanol–water partition coefficient (Wildman–Crippen LogP) is 2.16. The van der Waals surface area contributed by atoms with Crippen LogP contribution in [-0.4, -0.2) is 8.42 Å². The minimum absolute atomic E-state index is 0.228. The molecule has 0 saturated heterocycles. The Labute approximate surface area is 119 Å². The van der Waals surface area contributed by atoms with Gasteiger partial charge in [0.05, 0.1) is 0 Å². The Bertz CT molecular complexity index is 756. The van der Waals surface area contributed by atoms with Crippen molar-refractivity contribution in [1.82, 2.24) is 4.72 Å². The van der Waals surface area contributed by atoms with Crippen molar-refractivity contribution in [3.63, 3.8) is 0 Å². The lowest BCUT2D eigenvalue weighted by Crippen LogP contribution is -2.25. The van der Waals surface area contributed by atoms with E-state index >= 15 is 0 Å². The van der Waals surface area contributed by atoms with E-state index in [4.69, 9.17) is 5.73 Å². The van der Waals surface area contributed by atoms with Gasteiger partial charge in [-0.3, -0.25) is 0 Å². The maximum absolute atomic E-state index is 13.6. The third-order valence-corrected chi connectivity index (χ3v) is 4.10. The standard InChI is InChI=1S/C13H11F3N2O2S/c14-9-3-1-2-8(4-9)7-18-21(19,20)13-11(15)5-10(17)6-12(13)16/h1-6,18H,7,17H2. The molecule has 21 heavy (non-hydrogen) atoms. The van der Waals surface area contributed by atoms with E-state index in [9.17, 15) is 21.6 Å². The smallest absolute Gasteiger partial charge is 0.246 e. The average Bonchev–Trinajstić information content (AvgIpc) is 2.35. The van der Waals surface area contributed by atoms with E-state index in [2.05, 4.69) is 0 Å². The van der Waals surface area contributed by atoms with Gasteiger partial charge in [-0.2, -0.15) is 0 Å². The molecule has 2 aromatic carbocycles. The Balaban J connectivity index is 2.27. The third kappa shape index (κ3) is 3.53. The van der Waals surface area contributed by atoms with Crippen LogP contribution in [0, 0.1) is 17.5 Å². The molecule has 2 aromatic rings. The first-order valence-corrected chi connectivity index (χ1v) is 7.26. The second-order valence-electron chi connectivity index (χ2n) is 4.27. The molecule has 2 rings (SSSR count).